The minimum atomic E-state index is -3.19. The molecule has 0 saturated carbocycles. The number of benzene rings is 2. The minimum absolute atomic E-state index is 0.0101. The number of rotatable bonds is 3. The van der Waals surface area contributed by atoms with E-state index in [1.54, 1.807) is 36.4 Å². The summed E-state index contributed by atoms with van der Waals surface area (Å²) in [6.45, 7) is 2.84. The van der Waals surface area contributed by atoms with Gasteiger partial charge in [0.15, 0.2) is 9.84 Å². The number of amides is 1. The molecule has 138 valence electrons. The predicted molar refractivity (Wildman–Crippen MR) is 104 cm³/mol. The van der Waals surface area contributed by atoms with Gasteiger partial charge in [0.2, 0.25) is 0 Å². The van der Waals surface area contributed by atoms with E-state index in [0.717, 1.165) is 18.7 Å². The summed E-state index contributed by atoms with van der Waals surface area (Å²) >= 11 is 5.89. The van der Waals surface area contributed by atoms with Gasteiger partial charge < -0.3 is 9.80 Å². The van der Waals surface area contributed by atoms with Crippen LogP contribution in [0.15, 0.2) is 53.4 Å². The van der Waals surface area contributed by atoms with Gasteiger partial charge in [-0.15, -0.1) is 0 Å². The van der Waals surface area contributed by atoms with Gasteiger partial charge in [-0.05, 0) is 55.0 Å². The van der Waals surface area contributed by atoms with E-state index in [4.69, 9.17) is 11.6 Å². The molecule has 0 radical (unpaired) electrons. The summed E-state index contributed by atoms with van der Waals surface area (Å²) in [4.78, 5) is 17.0. The highest BCUT2D eigenvalue weighted by Gasteiger charge is 2.20. The number of halogens is 1. The maximum atomic E-state index is 12.7. The van der Waals surface area contributed by atoms with Crippen molar-refractivity contribution in [2.75, 3.05) is 37.3 Å². The molecule has 0 N–H and O–H groups in total. The maximum Gasteiger partial charge on any atom is 0.253 e. The molecule has 7 heteroatoms. The Morgan fingerprint density at radius 2 is 1.58 bits per heavy atom. The molecule has 2 aromatic rings. The lowest BCUT2D eigenvalue weighted by Crippen LogP contribution is -2.35. The van der Waals surface area contributed by atoms with Crippen LogP contribution in [0.5, 0.6) is 0 Å². The second kappa shape index (κ2) is 7.68. The Labute approximate surface area is 159 Å². The molecule has 0 unspecified atom stereocenters. The third kappa shape index (κ3) is 4.37. The van der Waals surface area contributed by atoms with Crippen molar-refractivity contribution in [3.05, 3.63) is 59.1 Å². The summed E-state index contributed by atoms with van der Waals surface area (Å²) in [6.07, 6.45) is 2.06. The molecule has 1 aliphatic heterocycles. The molecule has 5 nitrogen and oxygen atoms in total. The van der Waals surface area contributed by atoms with Crippen molar-refractivity contribution in [3.63, 3.8) is 0 Å². The first-order valence-electron chi connectivity index (χ1n) is 8.44. The third-order valence-corrected chi connectivity index (χ3v) is 5.88. The van der Waals surface area contributed by atoms with Crippen molar-refractivity contribution in [2.24, 2.45) is 0 Å². The van der Waals surface area contributed by atoms with E-state index in [1.807, 2.05) is 17.0 Å². The molecule has 0 aromatic heterocycles. The zero-order chi connectivity index (χ0) is 18.7. The Hall–Kier alpha value is -2.05. The van der Waals surface area contributed by atoms with E-state index in [0.29, 0.717) is 35.1 Å². The molecule has 3 rings (SSSR count). The highest BCUT2D eigenvalue weighted by atomic mass is 35.5. The van der Waals surface area contributed by atoms with Crippen molar-refractivity contribution >= 4 is 33.0 Å². The number of sulfone groups is 1. The van der Waals surface area contributed by atoms with Gasteiger partial charge in [0.25, 0.3) is 5.91 Å². The van der Waals surface area contributed by atoms with Crippen molar-refractivity contribution in [1.82, 2.24) is 4.90 Å². The summed E-state index contributed by atoms with van der Waals surface area (Å²) in [7, 11) is -3.19. The number of anilines is 1. The van der Waals surface area contributed by atoms with Crippen LogP contribution in [-0.2, 0) is 9.84 Å². The molecule has 1 fully saturated rings. The second-order valence-electron chi connectivity index (χ2n) is 6.41. The highest BCUT2D eigenvalue weighted by Crippen LogP contribution is 2.20. The molecule has 0 aliphatic carbocycles. The van der Waals surface area contributed by atoms with Crippen LogP contribution in [0.1, 0.15) is 16.8 Å². The molecule has 1 amide bonds. The Morgan fingerprint density at radius 3 is 2.19 bits per heavy atom. The molecule has 26 heavy (non-hydrogen) atoms. The zero-order valence-electron chi connectivity index (χ0n) is 14.6. The van der Waals surface area contributed by atoms with Crippen molar-refractivity contribution in [2.45, 2.75) is 11.3 Å². The number of carbonyl (C=O) groups is 1. The first kappa shape index (κ1) is 18.7. The van der Waals surface area contributed by atoms with E-state index in [-0.39, 0.29) is 5.91 Å². The van der Waals surface area contributed by atoms with Crippen LogP contribution in [0.2, 0.25) is 5.02 Å². The normalized spacial score (nSPS) is 15.6. The summed E-state index contributed by atoms with van der Waals surface area (Å²) in [5.41, 5.74) is 1.61. The quantitative estimate of drug-likeness (QED) is 0.805. The van der Waals surface area contributed by atoms with Gasteiger partial charge in [-0.1, -0.05) is 11.6 Å². The first-order chi connectivity index (χ1) is 12.3. The van der Waals surface area contributed by atoms with Gasteiger partial charge in [0, 0.05) is 48.7 Å². The molecule has 2 aromatic carbocycles. The maximum absolute atomic E-state index is 12.7. The minimum Gasteiger partial charge on any atom is -0.370 e. The van der Waals surface area contributed by atoms with Gasteiger partial charge in [-0.2, -0.15) is 0 Å². The van der Waals surface area contributed by atoms with Crippen LogP contribution >= 0.6 is 11.6 Å². The number of hydrogen-bond acceptors (Lipinski definition) is 4. The topological polar surface area (TPSA) is 57.7 Å². The molecule has 0 bridgehead atoms. The molecule has 0 atom stereocenters. The lowest BCUT2D eigenvalue weighted by molar-refractivity contribution is 0.0767. The van der Waals surface area contributed by atoms with Gasteiger partial charge in [-0.25, -0.2) is 8.42 Å². The highest BCUT2D eigenvalue weighted by molar-refractivity contribution is 7.90. The molecule has 0 spiro atoms. The number of hydrogen-bond donors (Lipinski definition) is 0. The summed E-state index contributed by atoms with van der Waals surface area (Å²) < 4.78 is 23.2. The van der Waals surface area contributed by atoms with Crippen LogP contribution < -0.4 is 4.90 Å². The third-order valence-electron chi connectivity index (χ3n) is 4.50. The SMILES string of the molecule is CS(=O)(=O)c1ccc(N2CCCN(C(=O)c3ccc(Cl)cc3)CC2)cc1. The van der Waals surface area contributed by atoms with Crippen LogP contribution in [0.3, 0.4) is 0 Å². The lowest BCUT2D eigenvalue weighted by atomic mass is 10.2. The number of carbonyl (C=O) groups excluding carboxylic acids is 1. The van der Waals surface area contributed by atoms with E-state index in [9.17, 15) is 13.2 Å². The van der Waals surface area contributed by atoms with Crippen LogP contribution in [0.25, 0.3) is 0 Å². The predicted octanol–water partition coefficient (Wildman–Crippen LogP) is 3.10. The molecular formula is C19H21ClN2O3S. The standard InChI is InChI=1S/C19H21ClN2O3S/c1-26(24,25)18-9-7-17(8-10-18)21-11-2-12-22(14-13-21)19(23)15-3-5-16(20)6-4-15/h3-10H,2,11-14H2,1H3. The van der Waals surface area contributed by atoms with E-state index < -0.39 is 9.84 Å². The Morgan fingerprint density at radius 1 is 0.923 bits per heavy atom. The van der Waals surface area contributed by atoms with Crippen molar-refractivity contribution in [1.29, 1.82) is 0 Å². The van der Waals surface area contributed by atoms with Crippen molar-refractivity contribution in [3.8, 4) is 0 Å². The monoisotopic (exact) mass is 392 g/mol. The zero-order valence-corrected chi connectivity index (χ0v) is 16.1. The summed E-state index contributed by atoms with van der Waals surface area (Å²) in [5, 5.41) is 0.612. The summed E-state index contributed by atoms with van der Waals surface area (Å²) in [6, 6.07) is 13.9. The largest absolute Gasteiger partial charge is 0.370 e. The molecule has 1 heterocycles. The van der Waals surface area contributed by atoms with Crippen LogP contribution in [0, 0.1) is 0 Å². The summed E-state index contributed by atoms with van der Waals surface area (Å²) in [5.74, 6) is 0.0101. The lowest BCUT2D eigenvalue weighted by Gasteiger charge is -2.24. The van der Waals surface area contributed by atoms with Gasteiger partial charge in [0.05, 0.1) is 4.90 Å². The smallest absolute Gasteiger partial charge is 0.253 e. The molecule has 1 saturated heterocycles. The Balaban J connectivity index is 1.68. The average molecular weight is 393 g/mol. The Bertz CT molecular complexity index is 880. The molecular weight excluding hydrogens is 372 g/mol. The average Bonchev–Trinajstić information content (AvgIpc) is 2.87. The van der Waals surface area contributed by atoms with Crippen LogP contribution in [0.4, 0.5) is 5.69 Å². The second-order valence-corrected chi connectivity index (χ2v) is 8.86. The fraction of sp³-hybridized carbons (Fsp3) is 0.316. The fourth-order valence-corrected chi connectivity index (χ4v) is 3.81. The van der Waals surface area contributed by atoms with Gasteiger partial charge in [-0.3, -0.25) is 4.79 Å². The first-order valence-corrected chi connectivity index (χ1v) is 10.7. The van der Waals surface area contributed by atoms with Crippen molar-refractivity contribution < 1.29 is 13.2 Å². The van der Waals surface area contributed by atoms with E-state index >= 15 is 0 Å². The van der Waals surface area contributed by atoms with E-state index in [1.165, 1.54) is 6.26 Å². The van der Waals surface area contributed by atoms with E-state index in [2.05, 4.69) is 4.90 Å². The molecule has 1 aliphatic rings. The van der Waals surface area contributed by atoms with Gasteiger partial charge >= 0.3 is 0 Å². The number of nitrogens with zero attached hydrogens (tertiary/aromatic N) is 2. The van der Waals surface area contributed by atoms with Gasteiger partial charge in [0.1, 0.15) is 0 Å². The Kier molecular flexibility index (Phi) is 5.53. The fourth-order valence-electron chi connectivity index (χ4n) is 3.06. The van der Waals surface area contributed by atoms with Crippen LogP contribution in [-0.4, -0.2) is 51.7 Å².